The van der Waals surface area contributed by atoms with Gasteiger partial charge < -0.3 is 4.90 Å². The Morgan fingerprint density at radius 1 is 1.70 bits per heavy atom. The molecular weight excluding hydrogens is 132 g/mol. The molecule has 0 saturated carbocycles. The van der Waals surface area contributed by atoms with E-state index in [1.165, 1.54) is 11.9 Å². The summed E-state index contributed by atoms with van der Waals surface area (Å²) in [4.78, 5) is 22.7. The van der Waals surface area contributed by atoms with Gasteiger partial charge in [0.15, 0.2) is 0 Å². The van der Waals surface area contributed by atoms with Crippen molar-refractivity contribution in [2.45, 2.75) is 0 Å². The molecule has 1 fully saturated rings. The van der Waals surface area contributed by atoms with Crippen LogP contribution in [0.3, 0.4) is 0 Å². The van der Waals surface area contributed by atoms with Gasteiger partial charge in [0.2, 0.25) is 5.78 Å². The predicted octanol–water partition coefficient (Wildman–Crippen LogP) is -0.833. The number of likely N-dealkylation sites (tertiary alicyclic amines) is 1. The number of nitriles is 1. The highest BCUT2D eigenvalue weighted by atomic mass is 16.2. The molecule has 1 heterocycles. The molecular formula is C6H6N2O2. The van der Waals surface area contributed by atoms with Gasteiger partial charge in [0.1, 0.15) is 5.92 Å². The number of rotatable bonds is 0. The fourth-order valence-electron chi connectivity index (χ4n) is 0.876. The van der Waals surface area contributed by atoms with Crippen molar-refractivity contribution >= 4 is 11.7 Å². The van der Waals surface area contributed by atoms with Gasteiger partial charge in [-0.2, -0.15) is 5.26 Å². The number of hydrogen-bond donors (Lipinski definition) is 0. The van der Waals surface area contributed by atoms with E-state index in [1.807, 2.05) is 0 Å². The van der Waals surface area contributed by atoms with Gasteiger partial charge in [0.05, 0.1) is 6.07 Å². The van der Waals surface area contributed by atoms with Gasteiger partial charge in [-0.25, -0.2) is 0 Å². The first-order valence-corrected chi connectivity index (χ1v) is 2.85. The second-order valence-electron chi connectivity index (χ2n) is 2.23. The van der Waals surface area contributed by atoms with Crippen LogP contribution in [0, 0.1) is 17.2 Å². The predicted molar refractivity (Wildman–Crippen MR) is 31.7 cm³/mol. The molecule has 1 aliphatic heterocycles. The van der Waals surface area contributed by atoms with Crippen molar-refractivity contribution in [2.75, 3.05) is 13.6 Å². The summed E-state index contributed by atoms with van der Waals surface area (Å²) in [6.45, 7) is 0.244. The Kier molecular flexibility index (Phi) is 1.42. The monoisotopic (exact) mass is 138 g/mol. The van der Waals surface area contributed by atoms with Crippen LogP contribution in [0.1, 0.15) is 0 Å². The van der Waals surface area contributed by atoms with E-state index in [2.05, 4.69) is 0 Å². The Morgan fingerprint density at radius 2 is 2.30 bits per heavy atom. The quantitative estimate of drug-likeness (QED) is 0.410. The van der Waals surface area contributed by atoms with Crippen molar-refractivity contribution in [3.05, 3.63) is 0 Å². The van der Waals surface area contributed by atoms with E-state index in [1.54, 1.807) is 6.07 Å². The summed E-state index contributed by atoms with van der Waals surface area (Å²) in [6.07, 6.45) is 0. The van der Waals surface area contributed by atoms with E-state index in [9.17, 15) is 9.59 Å². The van der Waals surface area contributed by atoms with Gasteiger partial charge >= 0.3 is 0 Å². The zero-order valence-electron chi connectivity index (χ0n) is 5.50. The molecule has 0 aromatic rings. The maximum Gasteiger partial charge on any atom is 0.291 e. The third kappa shape index (κ3) is 0.760. The Balaban J connectivity index is 2.84. The van der Waals surface area contributed by atoms with E-state index in [4.69, 9.17) is 5.26 Å². The molecule has 52 valence electrons. The van der Waals surface area contributed by atoms with Crippen LogP contribution >= 0.6 is 0 Å². The first kappa shape index (κ1) is 6.75. The standard InChI is InChI=1S/C6H6N2O2/c1-8-3-4(2-7)5(9)6(8)10/h4H,3H2,1H3/t4-/m1/s1. The van der Waals surface area contributed by atoms with Crippen LogP contribution in [-0.2, 0) is 9.59 Å². The lowest BCUT2D eigenvalue weighted by atomic mass is 10.1. The van der Waals surface area contributed by atoms with Crippen LogP contribution in [0.15, 0.2) is 0 Å². The van der Waals surface area contributed by atoms with E-state index < -0.39 is 17.6 Å². The Labute approximate surface area is 58.0 Å². The molecule has 10 heavy (non-hydrogen) atoms. The molecule has 4 nitrogen and oxygen atoms in total. The summed E-state index contributed by atoms with van der Waals surface area (Å²) in [6, 6.07) is 1.76. The van der Waals surface area contributed by atoms with Crippen molar-refractivity contribution in [1.82, 2.24) is 4.90 Å². The lowest BCUT2D eigenvalue weighted by Gasteiger charge is -2.02. The molecule has 4 heteroatoms. The van der Waals surface area contributed by atoms with Gasteiger partial charge in [0.25, 0.3) is 5.91 Å². The lowest BCUT2D eigenvalue weighted by Crippen LogP contribution is -2.22. The molecule has 1 rings (SSSR count). The first-order chi connectivity index (χ1) is 4.66. The van der Waals surface area contributed by atoms with Crippen LogP contribution in [0.5, 0.6) is 0 Å². The zero-order valence-corrected chi connectivity index (χ0v) is 5.50. The summed E-state index contributed by atoms with van der Waals surface area (Å²) >= 11 is 0. The van der Waals surface area contributed by atoms with Crippen molar-refractivity contribution in [1.29, 1.82) is 5.26 Å². The van der Waals surface area contributed by atoms with E-state index in [0.29, 0.717) is 0 Å². The summed E-state index contributed by atoms with van der Waals surface area (Å²) in [5.41, 5.74) is 0. The van der Waals surface area contributed by atoms with E-state index in [0.717, 1.165) is 0 Å². The minimum atomic E-state index is -0.738. The second-order valence-corrected chi connectivity index (χ2v) is 2.23. The SMILES string of the molecule is CN1C[C@@H](C#N)C(=O)C1=O. The van der Waals surface area contributed by atoms with Crippen LogP contribution in [0.2, 0.25) is 0 Å². The van der Waals surface area contributed by atoms with Crippen molar-refractivity contribution in [3.8, 4) is 6.07 Å². The third-order valence-corrected chi connectivity index (χ3v) is 1.49. The number of hydrogen-bond acceptors (Lipinski definition) is 3. The Morgan fingerprint density at radius 3 is 2.50 bits per heavy atom. The highest BCUT2D eigenvalue weighted by molar-refractivity contribution is 6.39. The van der Waals surface area contributed by atoms with E-state index >= 15 is 0 Å². The lowest BCUT2D eigenvalue weighted by molar-refractivity contribution is -0.139. The molecule has 0 aliphatic carbocycles. The minimum absolute atomic E-state index is 0.244. The molecule has 1 amide bonds. The van der Waals surface area contributed by atoms with Crippen molar-refractivity contribution in [3.63, 3.8) is 0 Å². The minimum Gasteiger partial charge on any atom is -0.337 e. The number of carbonyl (C=O) groups is 2. The maximum atomic E-state index is 10.7. The molecule has 0 N–H and O–H groups in total. The number of carbonyl (C=O) groups excluding carboxylic acids is 2. The summed E-state index contributed by atoms with van der Waals surface area (Å²) in [7, 11) is 1.51. The normalized spacial score (nSPS) is 25.2. The van der Waals surface area contributed by atoms with Crippen LogP contribution in [0.4, 0.5) is 0 Å². The van der Waals surface area contributed by atoms with Crippen LogP contribution in [0.25, 0.3) is 0 Å². The second kappa shape index (κ2) is 2.10. The number of amides is 1. The average Bonchev–Trinajstić information content (AvgIpc) is 2.17. The van der Waals surface area contributed by atoms with Crippen molar-refractivity contribution < 1.29 is 9.59 Å². The molecule has 0 unspecified atom stereocenters. The maximum absolute atomic E-state index is 10.7. The highest BCUT2D eigenvalue weighted by Crippen LogP contribution is 2.09. The van der Waals surface area contributed by atoms with Gasteiger partial charge in [-0.3, -0.25) is 9.59 Å². The summed E-state index contributed by atoms with van der Waals surface area (Å²) in [5, 5.41) is 8.32. The first-order valence-electron chi connectivity index (χ1n) is 2.85. The fourth-order valence-corrected chi connectivity index (χ4v) is 0.876. The average molecular weight is 138 g/mol. The van der Waals surface area contributed by atoms with Crippen LogP contribution in [-0.4, -0.2) is 30.2 Å². The molecule has 0 aromatic carbocycles. The molecule has 1 aliphatic rings. The molecule has 0 radical (unpaired) electrons. The Bertz CT molecular complexity index is 228. The molecule has 0 bridgehead atoms. The molecule has 0 spiro atoms. The number of nitrogens with zero attached hydrogens (tertiary/aromatic N) is 2. The van der Waals surface area contributed by atoms with Crippen LogP contribution < -0.4 is 0 Å². The van der Waals surface area contributed by atoms with E-state index in [-0.39, 0.29) is 6.54 Å². The van der Waals surface area contributed by atoms with Gasteiger partial charge in [0, 0.05) is 13.6 Å². The number of ketones is 1. The van der Waals surface area contributed by atoms with Gasteiger partial charge in [-0.1, -0.05) is 0 Å². The molecule has 0 aromatic heterocycles. The summed E-state index contributed by atoms with van der Waals surface area (Å²) < 4.78 is 0. The highest BCUT2D eigenvalue weighted by Gasteiger charge is 2.36. The van der Waals surface area contributed by atoms with Gasteiger partial charge in [-0.05, 0) is 0 Å². The fraction of sp³-hybridized carbons (Fsp3) is 0.500. The van der Waals surface area contributed by atoms with Crippen molar-refractivity contribution in [2.24, 2.45) is 5.92 Å². The smallest absolute Gasteiger partial charge is 0.291 e. The molecule has 1 atom stereocenters. The molecule has 1 saturated heterocycles. The number of Topliss-reactive ketones (excluding diaryl/α,β-unsaturated/α-hetero) is 1. The summed E-state index contributed by atoms with van der Waals surface area (Å²) in [5.74, 6) is -1.87. The number of likely N-dealkylation sites (N-methyl/N-ethyl adjacent to an activating group) is 1. The van der Waals surface area contributed by atoms with Gasteiger partial charge in [-0.15, -0.1) is 0 Å². The Hall–Kier alpha value is -1.37. The zero-order chi connectivity index (χ0) is 7.72. The topological polar surface area (TPSA) is 61.2 Å². The largest absolute Gasteiger partial charge is 0.337 e. The third-order valence-electron chi connectivity index (χ3n) is 1.49.